The zero-order chi connectivity index (χ0) is 23.7. The minimum atomic E-state index is -0.227. The third-order valence-electron chi connectivity index (χ3n) is 6.64. The van der Waals surface area contributed by atoms with Crippen molar-refractivity contribution in [1.82, 2.24) is 10.2 Å². The largest absolute Gasteiger partial charge is 0.392 e. The molecule has 0 saturated carbocycles. The van der Waals surface area contributed by atoms with E-state index in [1.54, 1.807) is 0 Å². The Morgan fingerprint density at radius 2 is 1.52 bits per heavy atom. The van der Waals surface area contributed by atoms with Crippen LogP contribution in [0.3, 0.4) is 0 Å². The molecule has 1 unspecified atom stereocenters. The van der Waals surface area contributed by atoms with Gasteiger partial charge >= 0.3 is 0 Å². The van der Waals surface area contributed by atoms with Gasteiger partial charge in [-0.2, -0.15) is 0 Å². The predicted molar refractivity (Wildman–Crippen MR) is 135 cm³/mol. The van der Waals surface area contributed by atoms with Crippen LogP contribution in [-0.4, -0.2) is 47.6 Å². The Morgan fingerprint density at radius 3 is 2.27 bits per heavy atom. The maximum Gasteiger partial charge on any atom is 0.260 e. The van der Waals surface area contributed by atoms with Crippen LogP contribution in [0.2, 0.25) is 0 Å². The second kappa shape index (κ2) is 16.8. The van der Waals surface area contributed by atoms with Crippen LogP contribution in [0.5, 0.6) is 0 Å². The molecule has 0 saturated heterocycles. The Kier molecular flexibility index (Phi) is 14.0. The van der Waals surface area contributed by atoms with Crippen LogP contribution in [0.25, 0.3) is 0 Å². The summed E-state index contributed by atoms with van der Waals surface area (Å²) in [4.78, 5) is 26.3. The van der Waals surface area contributed by atoms with Gasteiger partial charge in [0.1, 0.15) is 0 Å². The van der Waals surface area contributed by atoms with Crippen LogP contribution in [0.15, 0.2) is 24.3 Å². The molecule has 0 fully saturated rings. The number of aliphatic hydroxyl groups is 1. The average molecular weight is 459 g/mol. The highest BCUT2D eigenvalue weighted by molar-refractivity contribution is 6.09. The van der Waals surface area contributed by atoms with Crippen molar-refractivity contribution in [3.8, 4) is 0 Å². The van der Waals surface area contributed by atoms with Gasteiger partial charge in [0, 0.05) is 18.7 Å². The standard InChI is InChI=1S/C28H46N2O3/c1-2-3-4-5-10-15-20-29-23-25(31)18-12-9-7-6-8-11-16-21-30-27(32)22-24-17-13-14-19-26(24)28(30)33/h13-14,17,19,25,29,31H,2-12,15-16,18,20-23H2,1H3. The van der Waals surface area contributed by atoms with Gasteiger partial charge < -0.3 is 10.4 Å². The molecule has 2 N–H and O–H groups in total. The Morgan fingerprint density at radius 1 is 0.879 bits per heavy atom. The summed E-state index contributed by atoms with van der Waals surface area (Å²) in [7, 11) is 0. The van der Waals surface area contributed by atoms with E-state index >= 15 is 0 Å². The highest BCUT2D eigenvalue weighted by atomic mass is 16.3. The van der Waals surface area contributed by atoms with E-state index in [4.69, 9.17) is 0 Å². The van der Waals surface area contributed by atoms with E-state index in [9.17, 15) is 14.7 Å². The number of nitrogens with one attached hydrogen (secondary N) is 1. The summed E-state index contributed by atoms with van der Waals surface area (Å²) in [5.41, 5.74) is 1.53. The van der Waals surface area contributed by atoms with Crippen molar-refractivity contribution in [2.75, 3.05) is 19.6 Å². The van der Waals surface area contributed by atoms with E-state index in [0.717, 1.165) is 50.6 Å². The lowest BCUT2D eigenvalue weighted by Gasteiger charge is -2.26. The minimum Gasteiger partial charge on any atom is -0.392 e. The van der Waals surface area contributed by atoms with Gasteiger partial charge in [-0.15, -0.1) is 0 Å². The molecular formula is C28H46N2O3. The summed E-state index contributed by atoms with van der Waals surface area (Å²) in [5, 5.41) is 13.5. The van der Waals surface area contributed by atoms with Gasteiger partial charge in [0.15, 0.2) is 0 Å². The first-order valence-corrected chi connectivity index (χ1v) is 13.4. The summed E-state index contributed by atoms with van der Waals surface area (Å²) >= 11 is 0. The van der Waals surface area contributed by atoms with Gasteiger partial charge in [-0.25, -0.2) is 0 Å². The first kappa shape index (κ1) is 27.5. The van der Waals surface area contributed by atoms with Gasteiger partial charge in [0.05, 0.1) is 12.5 Å². The number of amides is 2. The molecule has 0 aromatic heterocycles. The molecule has 1 aromatic carbocycles. The molecule has 5 nitrogen and oxygen atoms in total. The van der Waals surface area contributed by atoms with Gasteiger partial charge in [-0.1, -0.05) is 95.8 Å². The molecule has 1 aliphatic rings. The molecule has 1 aromatic rings. The van der Waals surface area contributed by atoms with Crippen molar-refractivity contribution < 1.29 is 14.7 Å². The number of imide groups is 1. The number of carbonyl (C=O) groups excluding carboxylic acids is 2. The van der Waals surface area contributed by atoms with Crippen LogP contribution in [0, 0.1) is 0 Å². The molecule has 0 spiro atoms. The summed E-state index contributed by atoms with van der Waals surface area (Å²) in [5.74, 6) is -0.208. The van der Waals surface area contributed by atoms with E-state index in [-0.39, 0.29) is 17.9 Å². The Bertz CT molecular complexity index is 691. The number of hydrogen-bond acceptors (Lipinski definition) is 4. The fourth-order valence-corrected chi connectivity index (χ4v) is 4.56. The van der Waals surface area contributed by atoms with Crippen molar-refractivity contribution in [2.45, 2.75) is 109 Å². The lowest BCUT2D eigenvalue weighted by atomic mass is 9.98. The van der Waals surface area contributed by atoms with Gasteiger partial charge in [0.25, 0.3) is 5.91 Å². The molecule has 2 amide bonds. The van der Waals surface area contributed by atoms with Crippen LogP contribution >= 0.6 is 0 Å². The lowest BCUT2D eigenvalue weighted by molar-refractivity contribution is -0.128. The first-order chi connectivity index (χ1) is 16.1. The highest BCUT2D eigenvalue weighted by Gasteiger charge is 2.29. The van der Waals surface area contributed by atoms with E-state index in [0.29, 0.717) is 25.1 Å². The molecule has 0 radical (unpaired) electrons. The van der Waals surface area contributed by atoms with Crippen molar-refractivity contribution in [3.05, 3.63) is 35.4 Å². The number of aliphatic hydroxyl groups excluding tert-OH is 1. The highest BCUT2D eigenvalue weighted by Crippen LogP contribution is 2.20. The Hall–Kier alpha value is -1.72. The second-order valence-corrected chi connectivity index (χ2v) is 9.57. The molecule has 5 heteroatoms. The van der Waals surface area contributed by atoms with E-state index in [2.05, 4.69) is 12.2 Å². The molecule has 186 valence electrons. The van der Waals surface area contributed by atoms with Crippen molar-refractivity contribution in [3.63, 3.8) is 0 Å². The van der Waals surface area contributed by atoms with Gasteiger partial charge in [-0.05, 0) is 37.4 Å². The van der Waals surface area contributed by atoms with E-state index in [1.165, 1.54) is 56.3 Å². The van der Waals surface area contributed by atoms with Crippen LogP contribution < -0.4 is 5.32 Å². The third-order valence-corrected chi connectivity index (χ3v) is 6.64. The average Bonchev–Trinajstić information content (AvgIpc) is 2.81. The molecule has 1 heterocycles. The molecule has 0 aliphatic carbocycles. The smallest absolute Gasteiger partial charge is 0.260 e. The first-order valence-electron chi connectivity index (χ1n) is 13.4. The molecule has 33 heavy (non-hydrogen) atoms. The molecule has 2 rings (SSSR count). The number of unbranched alkanes of at least 4 members (excludes halogenated alkanes) is 11. The van der Waals surface area contributed by atoms with Crippen LogP contribution in [-0.2, 0) is 11.2 Å². The maximum atomic E-state index is 12.5. The molecule has 1 aliphatic heterocycles. The molecule has 1 atom stereocenters. The number of benzene rings is 1. The number of hydrogen-bond donors (Lipinski definition) is 2. The topological polar surface area (TPSA) is 69.6 Å². The number of carbonyl (C=O) groups is 2. The quantitative estimate of drug-likeness (QED) is 0.208. The van der Waals surface area contributed by atoms with E-state index < -0.39 is 0 Å². The SMILES string of the molecule is CCCCCCCCNCC(O)CCCCCCCCCN1C(=O)Cc2ccccc2C1=O. The summed E-state index contributed by atoms with van der Waals surface area (Å²) < 4.78 is 0. The zero-order valence-electron chi connectivity index (χ0n) is 20.8. The Balaban J connectivity index is 1.40. The van der Waals surface area contributed by atoms with Crippen molar-refractivity contribution in [2.24, 2.45) is 0 Å². The lowest BCUT2D eigenvalue weighted by Crippen LogP contribution is -2.42. The number of nitrogens with zero attached hydrogens (tertiary/aromatic N) is 1. The number of fused-ring (bicyclic) bond motifs is 1. The molecular weight excluding hydrogens is 412 g/mol. The van der Waals surface area contributed by atoms with Gasteiger partial charge in [-0.3, -0.25) is 14.5 Å². The van der Waals surface area contributed by atoms with Crippen LogP contribution in [0.4, 0.5) is 0 Å². The van der Waals surface area contributed by atoms with Gasteiger partial charge in [0.2, 0.25) is 5.91 Å². The fourth-order valence-electron chi connectivity index (χ4n) is 4.56. The fraction of sp³-hybridized carbons (Fsp3) is 0.714. The second-order valence-electron chi connectivity index (χ2n) is 9.57. The predicted octanol–water partition coefficient (Wildman–Crippen LogP) is 5.64. The maximum absolute atomic E-state index is 12.5. The van der Waals surface area contributed by atoms with Crippen molar-refractivity contribution >= 4 is 11.8 Å². The minimum absolute atomic E-state index is 0.0706. The summed E-state index contributed by atoms with van der Waals surface area (Å²) in [6.45, 7) is 4.51. The third kappa shape index (κ3) is 10.8. The number of rotatable bonds is 19. The van der Waals surface area contributed by atoms with Crippen LogP contribution in [0.1, 0.15) is 113 Å². The molecule has 0 bridgehead atoms. The normalized spacial score (nSPS) is 14.5. The summed E-state index contributed by atoms with van der Waals surface area (Å²) in [6.07, 6.45) is 16.5. The monoisotopic (exact) mass is 458 g/mol. The van der Waals surface area contributed by atoms with E-state index in [1.807, 2.05) is 24.3 Å². The zero-order valence-corrected chi connectivity index (χ0v) is 20.8. The van der Waals surface area contributed by atoms with Crippen molar-refractivity contribution in [1.29, 1.82) is 0 Å². The summed E-state index contributed by atoms with van der Waals surface area (Å²) in [6, 6.07) is 7.43. The Labute approximate surface area is 201 Å².